The molecule has 0 aliphatic carbocycles. The Kier molecular flexibility index (Phi) is 7.31. The number of rotatable bonds is 4. The Morgan fingerprint density at radius 3 is 2.19 bits per heavy atom. The minimum Gasteiger partial charge on any atom is -0.405 e. The molecule has 1 aromatic carbocycles. The number of ether oxygens (including phenoxy) is 1. The molecular formula is C11H11BrClF6NO. The fourth-order valence-corrected chi connectivity index (χ4v) is 1.88. The van der Waals surface area contributed by atoms with Crippen LogP contribution in [0.4, 0.5) is 26.3 Å². The highest BCUT2D eigenvalue weighted by atomic mass is 79.9. The van der Waals surface area contributed by atoms with Gasteiger partial charge in [0, 0.05) is 22.5 Å². The van der Waals surface area contributed by atoms with Crippen molar-refractivity contribution < 1.29 is 31.1 Å². The Morgan fingerprint density at radius 2 is 1.71 bits per heavy atom. The van der Waals surface area contributed by atoms with Crippen LogP contribution in [0.25, 0.3) is 0 Å². The van der Waals surface area contributed by atoms with E-state index in [2.05, 4.69) is 20.7 Å². The van der Waals surface area contributed by atoms with E-state index in [1.165, 1.54) is 12.1 Å². The molecule has 0 radical (unpaired) electrons. The molecule has 0 amide bonds. The summed E-state index contributed by atoms with van der Waals surface area (Å²) in [5, 5.41) is 0. The molecule has 0 aliphatic rings. The number of benzene rings is 1. The Labute approximate surface area is 131 Å². The highest BCUT2D eigenvalue weighted by Crippen LogP contribution is 2.35. The first-order valence-electron chi connectivity index (χ1n) is 5.35. The van der Waals surface area contributed by atoms with E-state index in [4.69, 9.17) is 5.73 Å². The van der Waals surface area contributed by atoms with Gasteiger partial charge >= 0.3 is 12.5 Å². The number of hydrogen-bond donors (Lipinski definition) is 1. The molecule has 0 bridgehead atoms. The number of alkyl halides is 6. The fourth-order valence-electron chi connectivity index (χ4n) is 1.50. The van der Waals surface area contributed by atoms with Gasteiger partial charge in [0.15, 0.2) is 0 Å². The largest absolute Gasteiger partial charge is 0.573 e. The topological polar surface area (TPSA) is 35.2 Å². The molecule has 0 spiro atoms. The van der Waals surface area contributed by atoms with Gasteiger partial charge in [-0.2, -0.15) is 13.2 Å². The van der Waals surface area contributed by atoms with Gasteiger partial charge in [0.25, 0.3) is 0 Å². The molecule has 2 N–H and O–H groups in total. The molecule has 0 aliphatic heterocycles. The SMILES string of the molecule is Cl.N[C@@H](CCC(F)(F)F)c1cc(Br)ccc1OC(F)(F)F. The zero-order valence-electron chi connectivity index (χ0n) is 10.3. The molecular weight excluding hydrogens is 391 g/mol. The van der Waals surface area contributed by atoms with Gasteiger partial charge in [0.1, 0.15) is 5.75 Å². The molecule has 1 aromatic rings. The fraction of sp³-hybridized carbons (Fsp3) is 0.455. The number of nitrogens with two attached hydrogens (primary N) is 1. The maximum Gasteiger partial charge on any atom is 0.573 e. The second kappa shape index (κ2) is 7.55. The molecule has 122 valence electrons. The van der Waals surface area contributed by atoms with E-state index in [0.29, 0.717) is 4.47 Å². The summed E-state index contributed by atoms with van der Waals surface area (Å²) < 4.78 is 77.1. The lowest BCUT2D eigenvalue weighted by Gasteiger charge is -2.19. The summed E-state index contributed by atoms with van der Waals surface area (Å²) in [6.45, 7) is 0. The van der Waals surface area contributed by atoms with Crippen LogP contribution in [-0.4, -0.2) is 12.5 Å². The summed E-state index contributed by atoms with van der Waals surface area (Å²) in [6.07, 6.45) is -11.1. The van der Waals surface area contributed by atoms with Crippen LogP contribution in [-0.2, 0) is 0 Å². The highest BCUT2D eigenvalue weighted by Gasteiger charge is 2.33. The van der Waals surface area contributed by atoms with Crippen molar-refractivity contribution >= 4 is 28.3 Å². The van der Waals surface area contributed by atoms with E-state index in [9.17, 15) is 26.3 Å². The van der Waals surface area contributed by atoms with Crippen molar-refractivity contribution in [3.8, 4) is 5.75 Å². The van der Waals surface area contributed by atoms with Crippen LogP contribution in [0.5, 0.6) is 5.75 Å². The smallest absolute Gasteiger partial charge is 0.405 e. The molecule has 0 unspecified atom stereocenters. The molecule has 21 heavy (non-hydrogen) atoms. The lowest BCUT2D eigenvalue weighted by atomic mass is 10.0. The lowest BCUT2D eigenvalue weighted by molar-refractivity contribution is -0.275. The zero-order chi connectivity index (χ0) is 15.6. The third-order valence-corrected chi connectivity index (χ3v) is 2.83. The Bertz CT molecular complexity index is 465. The summed E-state index contributed by atoms with van der Waals surface area (Å²) >= 11 is 3.02. The van der Waals surface area contributed by atoms with Crippen LogP contribution >= 0.6 is 28.3 Å². The highest BCUT2D eigenvalue weighted by molar-refractivity contribution is 9.10. The summed E-state index contributed by atoms with van der Waals surface area (Å²) in [5.74, 6) is -0.602. The number of hydrogen-bond acceptors (Lipinski definition) is 2. The van der Waals surface area contributed by atoms with E-state index in [0.717, 1.165) is 6.07 Å². The molecule has 0 heterocycles. The second-order valence-electron chi connectivity index (χ2n) is 3.99. The monoisotopic (exact) mass is 401 g/mol. The average molecular weight is 403 g/mol. The van der Waals surface area contributed by atoms with Gasteiger partial charge in [-0.25, -0.2) is 0 Å². The van der Waals surface area contributed by atoms with Gasteiger partial charge in [-0.3, -0.25) is 0 Å². The second-order valence-corrected chi connectivity index (χ2v) is 4.91. The average Bonchev–Trinajstić information content (AvgIpc) is 2.25. The Hall–Kier alpha value is -0.670. The first kappa shape index (κ1) is 20.3. The Morgan fingerprint density at radius 1 is 1.14 bits per heavy atom. The van der Waals surface area contributed by atoms with Crippen LogP contribution in [0, 0.1) is 0 Å². The predicted octanol–water partition coefficient (Wildman–Crippen LogP) is 5.11. The molecule has 1 atom stereocenters. The lowest BCUT2D eigenvalue weighted by Crippen LogP contribution is -2.21. The molecule has 0 saturated heterocycles. The normalized spacial score (nSPS) is 13.5. The van der Waals surface area contributed by atoms with Gasteiger partial charge in [-0.1, -0.05) is 15.9 Å². The van der Waals surface area contributed by atoms with E-state index < -0.39 is 37.2 Å². The van der Waals surface area contributed by atoms with Crippen molar-refractivity contribution in [2.75, 3.05) is 0 Å². The van der Waals surface area contributed by atoms with Gasteiger partial charge in [-0.05, 0) is 24.6 Å². The van der Waals surface area contributed by atoms with E-state index in [1.807, 2.05) is 0 Å². The maximum atomic E-state index is 12.2. The van der Waals surface area contributed by atoms with E-state index >= 15 is 0 Å². The summed E-state index contributed by atoms with van der Waals surface area (Å²) in [5.41, 5.74) is 5.38. The minimum atomic E-state index is -4.94. The third kappa shape index (κ3) is 7.77. The Balaban J connectivity index is 0.00000400. The van der Waals surface area contributed by atoms with Crippen molar-refractivity contribution in [1.82, 2.24) is 0 Å². The van der Waals surface area contributed by atoms with Gasteiger partial charge in [0.05, 0.1) is 0 Å². The quantitative estimate of drug-likeness (QED) is 0.710. The van der Waals surface area contributed by atoms with Crippen LogP contribution in [0.15, 0.2) is 22.7 Å². The van der Waals surface area contributed by atoms with Crippen molar-refractivity contribution in [2.45, 2.75) is 31.4 Å². The van der Waals surface area contributed by atoms with E-state index in [1.54, 1.807) is 0 Å². The molecule has 10 heteroatoms. The maximum absolute atomic E-state index is 12.2. The standard InChI is InChI=1S/C11H10BrF6NO.ClH/c12-6-1-2-9(20-11(16,17)18)7(5-6)8(19)3-4-10(13,14)15;/h1-2,5,8H,3-4,19H2;1H/t8-;/m0./s1. The first-order chi connectivity index (χ1) is 8.98. The van der Waals surface area contributed by atoms with Crippen molar-refractivity contribution in [2.24, 2.45) is 5.73 Å². The molecule has 0 aromatic heterocycles. The minimum absolute atomic E-state index is 0. The van der Waals surface area contributed by atoms with Crippen molar-refractivity contribution in [3.05, 3.63) is 28.2 Å². The predicted molar refractivity (Wildman–Crippen MR) is 70.3 cm³/mol. The summed E-state index contributed by atoms with van der Waals surface area (Å²) in [7, 11) is 0. The summed E-state index contributed by atoms with van der Waals surface area (Å²) in [6, 6.07) is 2.27. The van der Waals surface area contributed by atoms with Crippen LogP contribution in [0.2, 0.25) is 0 Å². The van der Waals surface area contributed by atoms with Gasteiger partial charge < -0.3 is 10.5 Å². The number of halogens is 8. The van der Waals surface area contributed by atoms with Gasteiger partial charge in [0.2, 0.25) is 0 Å². The van der Waals surface area contributed by atoms with Crippen LogP contribution < -0.4 is 10.5 Å². The third-order valence-electron chi connectivity index (χ3n) is 2.34. The van der Waals surface area contributed by atoms with Crippen LogP contribution in [0.3, 0.4) is 0 Å². The van der Waals surface area contributed by atoms with Crippen molar-refractivity contribution in [1.29, 1.82) is 0 Å². The molecule has 0 saturated carbocycles. The first-order valence-corrected chi connectivity index (χ1v) is 6.15. The summed E-state index contributed by atoms with van der Waals surface area (Å²) in [4.78, 5) is 0. The van der Waals surface area contributed by atoms with Crippen molar-refractivity contribution in [3.63, 3.8) is 0 Å². The molecule has 0 fully saturated rings. The molecule has 2 nitrogen and oxygen atoms in total. The molecule has 1 rings (SSSR count). The van der Waals surface area contributed by atoms with Crippen LogP contribution in [0.1, 0.15) is 24.4 Å². The zero-order valence-corrected chi connectivity index (χ0v) is 12.7. The van der Waals surface area contributed by atoms with E-state index in [-0.39, 0.29) is 18.0 Å². The van der Waals surface area contributed by atoms with Gasteiger partial charge in [-0.15, -0.1) is 25.6 Å².